The normalized spacial score (nSPS) is 13.3. The van der Waals surface area contributed by atoms with Crippen molar-refractivity contribution >= 4 is 16.9 Å². The summed E-state index contributed by atoms with van der Waals surface area (Å²) in [7, 11) is 1.87. The van der Waals surface area contributed by atoms with Crippen molar-refractivity contribution in [2.24, 2.45) is 5.92 Å². The molecule has 5 heteroatoms. The highest BCUT2D eigenvalue weighted by Crippen LogP contribution is 2.24. The van der Waals surface area contributed by atoms with Gasteiger partial charge in [-0.15, -0.1) is 0 Å². The molecule has 2 aromatic carbocycles. The van der Waals surface area contributed by atoms with E-state index in [-0.39, 0.29) is 17.9 Å². The van der Waals surface area contributed by atoms with E-state index in [1.54, 1.807) is 0 Å². The number of imidazole rings is 1. The lowest BCUT2D eigenvalue weighted by molar-refractivity contribution is -0.136. The van der Waals surface area contributed by atoms with Crippen molar-refractivity contribution in [2.75, 3.05) is 13.7 Å². The highest BCUT2D eigenvalue weighted by molar-refractivity contribution is 5.79. The highest BCUT2D eigenvalue weighted by atomic mass is 16.5. The molecule has 0 aliphatic carbocycles. The van der Waals surface area contributed by atoms with Crippen LogP contribution in [-0.2, 0) is 11.3 Å². The van der Waals surface area contributed by atoms with Crippen LogP contribution < -0.4 is 4.74 Å². The van der Waals surface area contributed by atoms with Crippen molar-refractivity contribution in [1.82, 2.24) is 14.5 Å². The molecular weight excluding hydrogens is 338 g/mol. The van der Waals surface area contributed by atoms with Crippen LogP contribution in [0.2, 0.25) is 0 Å². The molecule has 0 aliphatic rings. The fourth-order valence-corrected chi connectivity index (χ4v) is 3.30. The van der Waals surface area contributed by atoms with E-state index in [9.17, 15) is 4.79 Å². The van der Waals surface area contributed by atoms with E-state index in [0.29, 0.717) is 13.2 Å². The number of rotatable bonds is 7. The second-order valence-corrected chi connectivity index (χ2v) is 6.91. The molecule has 3 aromatic rings. The van der Waals surface area contributed by atoms with Crippen molar-refractivity contribution in [1.29, 1.82) is 0 Å². The van der Waals surface area contributed by atoms with Crippen molar-refractivity contribution in [3.8, 4) is 5.75 Å². The topological polar surface area (TPSA) is 47.4 Å². The molecule has 142 valence electrons. The Labute approximate surface area is 160 Å². The number of hydrogen-bond acceptors (Lipinski definition) is 3. The number of nitrogens with zero attached hydrogens (tertiary/aromatic N) is 3. The summed E-state index contributed by atoms with van der Waals surface area (Å²) in [6.07, 6.45) is 1.81. The Balaban J connectivity index is 1.68. The fraction of sp³-hybridized carbons (Fsp3) is 0.364. The molecule has 2 atom stereocenters. The van der Waals surface area contributed by atoms with Crippen LogP contribution in [0.3, 0.4) is 0 Å². The van der Waals surface area contributed by atoms with Crippen molar-refractivity contribution < 1.29 is 9.53 Å². The van der Waals surface area contributed by atoms with E-state index in [1.165, 1.54) is 0 Å². The molecule has 1 heterocycles. The summed E-state index contributed by atoms with van der Waals surface area (Å²) in [6.45, 7) is 7.24. The van der Waals surface area contributed by atoms with Gasteiger partial charge in [0.25, 0.3) is 0 Å². The number of carbonyl (C=O) groups excluding carboxylic acids is 1. The Bertz CT molecular complexity index is 901. The Morgan fingerprint density at radius 3 is 2.56 bits per heavy atom. The minimum Gasteiger partial charge on any atom is -0.494 e. The van der Waals surface area contributed by atoms with Gasteiger partial charge in [0.05, 0.1) is 35.9 Å². The van der Waals surface area contributed by atoms with E-state index in [1.807, 2.05) is 92.1 Å². The zero-order chi connectivity index (χ0) is 19.4. The molecule has 0 radical (unpaired) electrons. The number of amides is 1. The van der Waals surface area contributed by atoms with Gasteiger partial charge < -0.3 is 14.2 Å². The molecule has 0 spiro atoms. The lowest BCUT2D eigenvalue weighted by Gasteiger charge is -2.28. The quantitative estimate of drug-likeness (QED) is 0.627. The number of ether oxygens (including phenoxy) is 1. The van der Waals surface area contributed by atoms with Gasteiger partial charge in [0.2, 0.25) is 5.91 Å². The summed E-state index contributed by atoms with van der Waals surface area (Å²) < 4.78 is 7.54. The third kappa shape index (κ3) is 4.13. The minimum absolute atomic E-state index is 0.00448. The Morgan fingerprint density at radius 2 is 1.85 bits per heavy atom. The summed E-state index contributed by atoms with van der Waals surface area (Å²) in [5.41, 5.74) is 3.10. The molecule has 0 aliphatic heterocycles. The van der Waals surface area contributed by atoms with Gasteiger partial charge in [-0.1, -0.05) is 31.2 Å². The first-order chi connectivity index (χ1) is 13.0. The molecule has 1 aromatic heterocycles. The first kappa shape index (κ1) is 19.0. The van der Waals surface area contributed by atoms with Crippen molar-refractivity contribution in [2.45, 2.75) is 33.4 Å². The molecule has 0 bridgehead atoms. The minimum atomic E-state index is -0.141. The third-order valence-electron chi connectivity index (χ3n) is 5.02. The van der Waals surface area contributed by atoms with E-state index < -0.39 is 0 Å². The van der Waals surface area contributed by atoms with Crippen LogP contribution in [-0.4, -0.2) is 34.0 Å². The maximum Gasteiger partial charge on any atom is 0.227 e. The van der Waals surface area contributed by atoms with E-state index >= 15 is 0 Å². The lowest BCUT2D eigenvalue weighted by atomic mass is 10.0. The summed E-state index contributed by atoms with van der Waals surface area (Å²) in [6, 6.07) is 15.9. The van der Waals surface area contributed by atoms with Crippen molar-refractivity contribution in [3.05, 3.63) is 60.4 Å². The van der Waals surface area contributed by atoms with Crippen LogP contribution in [0.1, 0.15) is 32.4 Å². The van der Waals surface area contributed by atoms with Crippen LogP contribution in [0.15, 0.2) is 54.9 Å². The largest absolute Gasteiger partial charge is 0.494 e. The van der Waals surface area contributed by atoms with Gasteiger partial charge in [-0.2, -0.15) is 0 Å². The molecule has 0 fully saturated rings. The zero-order valence-electron chi connectivity index (χ0n) is 16.4. The Kier molecular flexibility index (Phi) is 5.79. The van der Waals surface area contributed by atoms with Crippen LogP contribution in [0.4, 0.5) is 0 Å². The zero-order valence-corrected chi connectivity index (χ0v) is 16.4. The average molecular weight is 365 g/mol. The van der Waals surface area contributed by atoms with Crippen LogP contribution in [0.25, 0.3) is 11.0 Å². The standard InChI is InChI=1S/C22H27N3O2/c1-5-27-19-12-10-18(11-13-19)17(3)24(4)22(26)16(2)14-25-15-23-20-8-6-7-9-21(20)25/h6-13,15-17H,5,14H2,1-4H3. The Morgan fingerprint density at radius 1 is 1.15 bits per heavy atom. The third-order valence-corrected chi connectivity index (χ3v) is 5.02. The SMILES string of the molecule is CCOc1ccc(C(C)N(C)C(=O)C(C)Cn2cnc3ccccc32)cc1. The maximum atomic E-state index is 13.0. The number of fused-ring (bicyclic) bond motifs is 1. The molecule has 0 saturated heterocycles. The number of carbonyl (C=O) groups is 1. The Hall–Kier alpha value is -2.82. The summed E-state index contributed by atoms with van der Waals surface area (Å²) in [4.78, 5) is 19.2. The van der Waals surface area contributed by atoms with E-state index in [0.717, 1.165) is 22.3 Å². The van der Waals surface area contributed by atoms with Gasteiger partial charge in [-0.3, -0.25) is 4.79 Å². The second kappa shape index (κ2) is 8.25. The predicted octanol–water partition coefficient (Wildman–Crippen LogP) is 4.29. The van der Waals surface area contributed by atoms with Gasteiger partial charge >= 0.3 is 0 Å². The first-order valence-corrected chi connectivity index (χ1v) is 9.40. The van der Waals surface area contributed by atoms with Gasteiger partial charge in [0, 0.05) is 13.6 Å². The summed E-state index contributed by atoms with van der Waals surface area (Å²) in [5, 5.41) is 0. The number of para-hydroxylation sites is 2. The molecule has 27 heavy (non-hydrogen) atoms. The average Bonchev–Trinajstić information content (AvgIpc) is 3.10. The van der Waals surface area contributed by atoms with Crippen molar-refractivity contribution in [3.63, 3.8) is 0 Å². The second-order valence-electron chi connectivity index (χ2n) is 6.91. The van der Waals surface area contributed by atoms with Gasteiger partial charge in [0.1, 0.15) is 5.75 Å². The molecule has 3 rings (SSSR count). The molecule has 5 nitrogen and oxygen atoms in total. The van der Waals surface area contributed by atoms with Gasteiger partial charge in [-0.05, 0) is 43.7 Å². The molecule has 2 unspecified atom stereocenters. The van der Waals surface area contributed by atoms with Gasteiger partial charge in [-0.25, -0.2) is 4.98 Å². The molecular formula is C22H27N3O2. The monoisotopic (exact) mass is 365 g/mol. The molecule has 0 N–H and O–H groups in total. The van der Waals surface area contributed by atoms with Crippen LogP contribution in [0, 0.1) is 5.92 Å². The number of hydrogen-bond donors (Lipinski definition) is 0. The summed E-state index contributed by atoms with van der Waals surface area (Å²) in [5.74, 6) is 0.828. The van der Waals surface area contributed by atoms with Gasteiger partial charge in [0.15, 0.2) is 0 Å². The van der Waals surface area contributed by atoms with E-state index in [4.69, 9.17) is 4.74 Å². The smallest absolute Gasteiger partial charge is 0.227 e. The fourth-order valence-electron chi connectivity index (χ4n) is 3.30. The van der Waals surface area contributed by atoms with Crippen LogP contribution >= 0.6 is 0 Å². The molecule has 1 amide bonds. The van der Waals surface area contributed by atoms with Crippen LogP contribution in [0.5, 0.6) is 5.75 Å². The maximum absolute atomic E-state index is 13.0. The first-order valence-electron chi connectivity index (χ1n) is 9.40. The lowest BCUT2D eigenvalue weighted by Crippen LogP contribution is -2.35. The highest BCUT2D eigenvalue weighted by Gasteiger charge is 2.23. The van der Waals surface area contributed by atoms with E-state index in [2.05, 4.69) is 4.98 Å². The predicted molar refractivity (Wildman–Crippen MR) is 108 cm³/mol. The molecule has 0 saturated carbocycles. The summed E-state index contributed by atoms with van der Waals surface area (Å²) >= 11 is 0. The number of aromatic nitrogens is 2. The number of benzene rings is 2.